The fourth-order valence-corrected chi connectivity index (χ4v) is 1.05. The fourth-order valence-electron chi connectivity index (χ4n) is 1.05. The zero-order valence-corrected chi connectivity index (χ0v) is 10.7. The smallest absolute Gasteiger partial charge is 0.410 e. The van der Waals surface area contributed by atoms with Gasteiger partial charge in [0.1, 0.15) is 12.1 Å². The molecule has 1 amide bonds. The number of hydrogen-bond acceptors (Lipinski definition) is 4. The van der Waals surface area contributed by atoms with Gasteiger partial charge in [-0.1, -0.05) is 6.92 Å². The van der Waals surface area contributed by atoms with Crippen LogP contribution in [0.3, 0.4) is 0 Å². The van der Waals surface area contributed by atoms with E-state index in [1.807, 2.05) is 6.92 Å². The number of carbonyl (C=O) groups excluding carboxylic acids is 2. The molecule has 94 valence electrons. The first-order valence-electron chi connectivity index (χ1n) is 5.35. The minimum Gasteiger partial charge on any atom is -0.468 e. The van der Waals surface area contributed by atoms with Crippen molar-refractivity contribution in [1.82, 2.24) is 4.90 Å². The lowest BCUT2D eigenvalue weighted by molar-refractivity contribution is -0.141. The van der Waals surface area contributed by atoms with Crippen molar-refractivity contribution in [2.45, 2.75) is 39.7 Å². The van der Waals surface area contributed by atoms with Gasteiger partial charge in [-0.15, -0.1) is 0 Å². The first-order valence-corrected chi connectivity index (χ1v) is 5.35. The maximum absolute atomic E-state index is 11.7. The molecule has 0 aromatic carbocycles. The van der Waals surface area contributed by atoms with Crippen LogP contribution in [0.5, 0.6) is 0 Å². The molecule has 0 unspecified atom stereocenters. The first-order chi connectivity index (χ1) is 7.30. The van der Waals surface area contributed by atoms with Crippen molar-refractivity contribution in [2.24, 2.45) is 0 Å². The molecular formula is C11H21NO4. The van der Waals surface area contributed by atoms with Crippen molar-refractivity contribution < 1.29 is 19.1 Å². The van der Waals surface area contributed by atoms with Crippen LogP contribution in [0, 0.1) is 0 Å². The standard InChI is InChI=1S/C11H21NO4/c1-6-7-12(8-9(13)15-5)10(14)16-11(2,3)4/h6-8H2,1-5H3. The number of esters is 1. The molecular weight excluding hydrogens is 210 g/mol. The number of ether oxygens (including phenoxy) is 2. The zero-order valence-electron chi connectivity index (χ0n) is 10.7. The molecule has 0 N–H and O–H groups in total. The Kier molecular flexibility index (Phi) is 5.85. The average molecular weight is 231 g/mol. The second kappa shape index (κ2) is 6.35. The van der Waals surface area contributed by atoms with Gasteiger partial charge in [0.15, 0.2) is 0 Å². The molecule has 0 rings (SSSR count). The molecule has 16 heavy (non-hydrogen) atoms. The van der Waals surface area contributed by atoms with Crippen LogP contribution in [0.25, 0.3) is 0 Å². The summed E-state index contributed by atoms with van der Waals surface area (Å²) in [5.41, 5.74) is -0.556. The molecule has 0 radical (unpaired) electrons. The molecule has 0 aliphatic rings. The SMILES string of the molecule is CCCN(CC(=O)OC)C(=O)OC(C)(C)C. The van der Waals surface area contributed by atoms with Crippen LogP contribution in [0.2, 0.25) is 0 Å². The Labute approximate surface area is 96.7 Å². The molecule has 0 aliphatic carbocycles. The van der Waals surface area contributed by atoms with Crippen LogP contribution >= 0.6 is 0 Å². The maximum atomic E-state index is 11.7. The van der Waals surface area contributed by atoms with Crippen LogP contribution < -0.4 is 0 Å². The second-order valence-corrected chi connectivity index (χ2v) is 4.48. The molecule has 0 aliphatic heterocycles. The second-order valence-electron chi connectivity index (χ2n) is 4.48. The van der Waals surface area contributed by atoms with Crippen LogP contribution in [-0.2, 0) is 14.3 Å². The molecule has 0 spiro atoms. The summed E-state index contributed by atoms with van der Waals surface area (Å²) in [7, 11) is 1.29. The van der Waals surface area contributed by atoms with Crippen LogP contribution in [0.15, 0.2) is 0 Å². The molecule has 0 saturated carbocycles. The number of nitrogens with zero attached hydrogens (tertiary/aromatic N) is 1. The van der Waals surface area contributed by atoms with Gasteiger partial charge in [0, 0.05) is 6.54 Å². The highest BCUT2D eigenvalue weighted by molar-refractivity contribution is 5.78. The maximum Gasteiger partial charge on any atom is 0.410 e. The lowest BCUT2D eigenvalue weighted by Crippen LogP contribution is -2.40. The summed E-state index contributed by atoms with van der Waals surface area (Å²) in [6, 6.07) is 0. The van der Waals surface area contributed by atoms with Crippen LogP contribution in [0.4, 0.5) is 4.79 Å². The Morgan fingerprint density at radius 1 is 1.25 bits per heavy atom. The molecule has 0 heterocycles. The van der Waals surface area contributed by atoms with E-state index in [0.717, 1.165) is 6.42 Å². The van der Waals surface area contributed by atoms with Gasteiger partial charge in [-0.2, -0.15) is 0 Å². The first kappa shape index (κ1) is 14.7. The normalized spacial score (nSPS) is 10.8. The van der Waals surface area contributed by atoms with E-state index in [4.69, 9.17) is 4.74 Å². The lowest BCUT2D eigenvalue weighted by Gasteiger charge is -2.26. The summed E-state index contributed by atoms with van der Waals surface area (Å²) in [5, 5.41) is 0. The number of hydrogen-bond donors (Lipinski definition) is 0. The Morgan fingerprint density at radius 3 is 2.19 bits per heavy atom. The molecule has 0 bridgehead atoms. The molecule has 0 fully saturated rings. The van der Waals surface area contributed by atoms with E-state index in [9.17, 15) is 9.59 Å². The van der Waals surface area contributed by atoms with E-state index >= 15 is 0 Å². The van der Waals surface area contributed by atoms with Gasteiger partial charge >= 0.3 is 12.1 Å². The van der Waals surface area contributed by atoms with Crippen molar-refractivity contribution in [3.8, 4) is 0 Å². The van der Waals surface area contributed by atoms with E-state index in [1.54, 1.807) is 20.8 Å². The largest absolute Gasteiger partial charge is 0.468 e. The van der Waals surface area contributed by atoms with Gasteiger partial charge in [0.2, 0.25) is 0 Å². The summed E-state index contributed by atoms with van der Waals surface area (Å²) in [5.74, 6) is -0.445. The third-order valence-corrected chi connectivity index (χ3v) is 1.69. The summed E-state index contributed by atoms with van der Waals surface area (Å²) < 4.78 is 9.70. The minimum atomic E-state index is -0.556. The summed E-state index contributed by atoms with van der Waals surface area (Å²) in [4.78, 5) is 24.1. The van der Waals surface area contributed by atoms with Gasteiger partial charge in [-0.3, -0.25) is 9.69 Å². The predicted molar refractivity (Wildman–Crippen MR) is 60.1 cm³/mol. The highest BCUT2D eigenvalue weighted by Crippen LogP contribution is 2.10. The lowest BCUT2D eigenvalue weighted by atomic mass is 10.2. The highest BCUT2D eigenvalue weighted by atomic mass is 16.6. The van der Waals surface area contributed by atoms with Crippen LogP contribution in [0.1, 0.15) is 34.1 Å². The predicted octanol–water partition coefficient (Wildman–Crippen LogP) is 1.81. The van der Waals surface area contributed by atoms with E-state index in [1.165, 1.54) is 12.0 Å². The molecule has 0 aromatic rings. The van der Waals surface area contributed by atoms with Crippen LogP contribution in [-0.4, -0.2) is 42.8 Å². The fraction of sp³-hybridized carbons (Fsp3) is 0.818. The minimum absolute atomic E-state index is 0.0702. The number of rotatable bonds is 4. The molecule has 0 aromatic heterocycles. The molecule has 5 heteroatoms. The van der Waals surface area contributed by atoms with Crippen molar-refractivity contribution in [2.75, 3.05) is 20.2 Å². The van der Waals surface area contributed by atoms with Gasteiger partial charge < -0.3 is 9.47 Å². The van der Waals surface area contributed by atoms with E-state index in [2.05, 4.69) is 4.74 Å². The summed E-state index contributed by atoms with van der Waals surface area (Å²) in [6.07, 6.45) is 0.274. The van der Waals surface area contributed by atoms with Crippen molar-refractivity contribution >= 4 is 12.1 Å². The Bertz CT molecular complexity index is 245. The third kappa shape index (κ3) is 6.27. The van der Waals surface area contributed by atoms with E-state index < -0.39 is 17.7 Å². The monoisotopic (exact) mass is 231 g/mol. The van der Waals surface area contributed by atoms with Crippen molar-refractivity contribution in [1.29, 1.82) is 0 Å². The van der Waals surface area contributed by atoms with Crippen molar-refractivity contribution in [3.05, 3.63) is 0 Å². The number of amides is 1. The van der Waals surface area contributed by atoms with Gasteiger partial charge in [0.05, 0.1) is 7.11 Å². The topological polar surface area (TPSA) is 55.8 Å². The van der Waals surface area contributed by atoms with Gasteiger partial charge in [-0.05, 0) is 27.2 Å². The third-order valence-electron chi connectivity index (χ3n) is 1.69. The molecule has 0 atom stereocenters. The van der Waals surface area contributed by atoms with E-state index in [0.29, 0.717) is 6.54 Å². The molecule has 0 saturated heterocycles. The van der Waals surface area contributed by atoms with Gasteiger partial charge in [0.25, 0.3) is 0 Å². The summed E-state index contributed by atoms with van der Waals surface area (Å²) >= 11 is 0. The summed E-state index contributed by atoms with van der Waals surface area (Å²) in [6.45, 7) is 7.69. The van der Waals surface area contributed by atoms with Crippen molar-refractivity contribution in [3.63, 3.8) is 0 Å². The highest BCUT2D eigenvalue weighted by Gasteiger charge is 2.23. The quantitative estimate of drug-likeness (QED) is 0.692. The number of carbonyl (C=O) groups is 2. The Morgan fingerprint density at radius 2 is 1.81 bits per heavy atom. The van der Waals surface area contributed by atoms with E-state index in [-0.39, 0.29) is 6.54 Å². The number of methoxy groups -OCH3 is 1. The molecule has 5 nitrogen and oxygen atoms in total. The van der Waals surface area contributed by atoms with Gasteiger partial charge in [-0.25, -0.2) is 4.79 Å². The Hall–Kier alpha value is -1.26. The Balaban J connectivity index is 4.40. The zero-order chi connectivity index (χ0) is 12.8. The average Bonchev–Trinajstić information content (AvgIpc) is 2.14.